The molecule has 0 heterocycles. The van der Waals surface area contributed by atoms with Crippen molar-refractivity contribution in [1.82, 2.24) is 0 Å². The highest BCUT2D eigenvalue weighted by Crippen LogP contribution is 2.20. The van der Waals surface area contributed by atoms with E-state index in [1.807, 2.05) is 5.32 Å². The second kappa shape index (κ2) is 8.98. The van der Waals surface area contributed by atoms with E-state index in [4.69, 9.17) is 4.74 Å². The number of ether oxygens (including phenoxy) is 1. The normalized spacial score (nSPS) is 11.6. The van der Waals surface area contributed by atoms with Crippen LogP contribution in [0.5, 0.6) is 0 Å². The van der Waals surface area contributed by atoms with Gasteiger partial charge in [0.2, 0.25) is 0 Å². The monoisotopic (exact) mass is 379 g/mol. The van der Waals surface area contributed by atoms with E-state index >= 15 is 0 Å². The molecule has 0 spiro atoms. The van der Waals surface area contributed by atoms with Gasteiger partial charge in [-0.05, 0) is 19.1 Å². The number of carbonyl (C=O) groups excluding carboxylic acids is 3. The molecule has 2 aromatic rings. The van der Waals surface area contributed by atoms with Crippen molar-refractivity contribution in [3.63, 3.8) is 0 Å². The topological polar surface area (TPSA) is 72.5 Å². The second-order valence-corrected chi connectivity index (χ2v) is 5.63. The maximum atomic E-state index is 13.5. The van der Waals surface area contributed by atoms with E-state index in [1.54, 1.807) is 30.3 Å². The van der Waals surface area contributed by atoms with Crippen molar-refractivity contribution in [2.75, 3.05) is 5.32 Å². The quantitative estimate of drug-likeness (QED) is 0.453. The molecule has 5 nitrogen and oxygen atoms in total. The van der Waals surface area contributed by atoms with E-state index in [0.29, 0.717) is 11.6 Å². The van der Waals surface area contributed by atoms with E-state index in [2.05, 4.69) is 0 Å². The lowest BCUT2D eigenvalue weighted by Gasteiger charge is -2.14. The Balaban J connectivity index is 1.86. The predicted octanol–water partition coefficient (Wildman–Crippen LogP) is 3.64. The van der Waals surface area contributed by atoms with E-state index in [9.17, 15) is 27.6 Å². The Morgan fingerprint density at radius 3 is 2.30 bits per heavy atom. The molecule has 0 radical (unpaired) electrons. The van der Waals surface area contributed by atoms with Crippen LogP contribution in [0.15, 0.2) is 42.5 Å². The molecule has 0 aliphatic rings. The number of halogens is 3. The third-order valence-electron chi connectivity index (χ3n) is 3.62. The lowest BCUT2D eigenvalue weighted by Crippen LogP contribution is -2.30. The molecular formula is C19H16F3NO4. The van der Waals surface area contributed by atoms with Gasteiger partial charge in [0.25, 0.3) is 5.91 Å². The van der Waals surface area contributed by atoms with Crippen LogP contribution in [-0.4, -0.2) is 23.8 Å². The molecule has 0 fully saturated rings. The highest BCUT2D eigenvalue weighted by atomic mass is 19.2. The number of amides is 1. The fourth-order valence-corrected chi connectivity index (χ4v) is 2.15. The lowest BCUT2D eigenvalue weighted by atomic mass is 10.1. The Morgan fingerprint density at radius 2 is 1.63 bits per heavy atom. The number of carbonyl (C=O) groups is 3. The van der Waals surface area contributed by atoms with Gasteiger partial charge in [-0.15, -0.1) is 0 Å². The van der Waals surface area contributed by atoms with Crippen molar-refractivity contribution >= 4 is 23.3 Å². The zero-order chi connectivity index (χ0) is 20.0. The van der Waals surface area contributed by atoms with Gasteiger partial charge in [0.1, 0.15) is 0 Å². The Bertz CT molecular complexity index is 856. The number of hydrogen-bond acceptors (Lipinski definition) is 4. The summed E-state index contributed by atoms with van der Waals surface area (Å²) in [5.41, 5.74) is -0.133. The van der Waals surface area contributed by atoms with Gasteiger partial charge in [-0.1, -0.05) is 30.3 Å². The van der Waals surface area contributed by atoms with Gasteiger partial charge in [0, 0.05) is 12.0 Å². The molecule has 2 aromatic carbocycles. The summed E-state index contributed by atoms with van der Waals surface area (Å²) in [6.45, 7) is 1.23. The van der Waals surface area contributed by atoms with E-state index in [0.717, 1.165) is 6.07 Å². The molecule has 8 heteroatoms. The Kier molecular flexibility index (Phi) is 6.70. The minimum Gasteiger partial charge on any atom is -0.453 e. The molecule has 1 unspecified atom stereocenters. The van der Waals surface area contributed by atoms with Gasteiger partial charge in [-0.3, -0.25) is 14.4 Å². The summed E-state index contributed by atoms with van der Waals surface area (Å²) in [5.74, 6) is -6.66. The van der Waals surface area contributed by atoms with Gasteiger partial charge in [0.15, 0.2) is 29.3 Å². The SMILES string of the molecule is CC(OC(=O)CCC(=O)c1ccccc1)C(=O)Nc1ccc(F)c(F)c1F. The molecule has 2 rings (SSSR count). The molecule has 0 aliphatic carbocycles. The molecule has 0 saturated carbocycles. The van der Waals surface area contributed by atoms with Crippen LogP contribution in [0.4, 0.5) is 18.9 Å². The summed E-state index contributed by atoms with van der Waals surface area (Å²) in [6, 6.07) is 9.85. The first-order chi connectivity index (χ1) is 12.8. The summed E-state index contributed by atoms with van der Waals surface area (Å²) < 4.78 is 44.4. The summed E-state index contributed by atoms with van der Waals surface area (Å²) >= 11 is 0. The summed E-state index contributed by atoms with van der Waals surface area (Å²) in [7, 11) is 0. The molecule has 0 bridgehead atoms. The molecule has 0 aliphatic heterocycles. The number of esters is 1. The molecule has 0 aromatic heterocycles. The van der Waals surface area contributed by atoms with Crippen molar-refractivity contribution < 1.29 is 32.3 Å². The highest BCUT2D eigenvalue weighted by Gasteiger charge is 2.21. The van der Waals surface area contributed by atoms with Crippen LogP contribution >= 0.6 is 0 Å². The van der Waals surface area contributed by atoms with Crippen LogP contribution in [0.2, 0.25) is 0 Å². The highest BCUT2D eigenvalue weighted by molar-refractivity contribution is 5.98. The van der Waals surface area contributed by atoms with Crippen LogP contribution in [0.3, 0.4) is 0 Å². The molecular weight excluding hydrogens is 363 g/mol. The zero-order valence-corrected chi connectivity index (χ0v) is 14.3. The molecule has 1 N–H and O–H groups in total. The number of ketones is 1. The smallest absolute Gasteiger partial charge is 0.307 e. The molecule has 142 valence electrons. The largest absolute Gasteiger partial charge is 0.453 e. The zero-order valence-electron chi connectivity index (χ0n) is 14.3. The van der Waals surface area contributed by atoms with Crippen molar-refractivity contribution in [1.29, 1.82) is 0 Å². The summed E-state index contributed by atoms with van der Waals surface area (Å²) in [5, 5.41) is 2.01. The number of nitrogens with one attached hydrogen (secondary N) is 1. The Morgan fingerprint density at radius 1 is 0.963 bits per heavy atom. The number of benzene rings is 2. The number of hydrogen-bond donors (Lipinski definition) is 1. The number of anilines is 1. The first kappa shape index (κ1) is 20.2. The maximum absolute atomic E-state index is 13.5. The minimum absolute atomic E-state index is 0.102. The standard InChI is InChI=1S/C19H16F3NO4/c1-11(19(26)23-14-8-7-13(20)17(21)18(14)22)27-16(25)10-9-15(24)12-5-3-2-4-6-12/h2-8,11H,9-10H2,1H3,(H,23,26). The van der Waals surface area contributed by atoms with Gasteiger partial charge in [-0.25, -0.2) is 13.2 Å². The third-order valence-corrected chi connectivity index (χ3v) is 3.62. The summed E-state index contributed by atoms with van der Waals surface area (Å²) in [6.07, 6.45) is -1.67. The molecule has 0 saturated heterocycles. The van der Waals surface area contributed by atoms with E-state index in [-0.39, 0.29) is 18.6 Å². The average molecular weight is 379 g/mol. The van der Waals surface area contributed by atoms with Gasteiger partial charge in [-0.2, -0.15) is 0 Å². The van der Waals surface area contributed by atoms with E-state index in [1.165, 1.54) is 6.92 Å². The first-order valence-corrected chi connectivity index (χ1v) is 8.01. The van der Waals surface area contributed by atoms with Crippen molar-refractivity contribution in [3.8, 4) is 0 Å². The van der Waals surface area contributed by atoms with Crippen molar-refractivity contribution in [2.24, 2.45) is 0 Å². The number of rotatable bonds is 7. The van der Waals surface area contributed by atoms with Crippen molar-refractivity contribution in [2.45, 2.75) is 25.9 Å². The van der Waals surface area contributed by atoms with Gasteiger partial charge >= 0.3 is 5.97 Å². The maximum Gasteiger partial charge on any atom is 0.307 e. The molecule has 1 amide bonds. The van der Waals surface area contributed by atoms with Crippen LogP contribution in [0, 0.1) is 17.5 Å². The molecule has 27 heavy (non-hydrogen) atoms. The van der Waals surface area contributed by atoms with Crippen LogP contribution < -0.4 is 5.32 Å². The Hall–Kier alpha value is -3.16. The number of Topliss-reactive ketones (excluding diaryl/α,β-unsaturated/α-hetero) is 1. The van der Waals surface area contributed by atoms with Gasteiger partial charge < -0.3 is 10.1 Å². The minimum atomic E-state index is -1.73. The fraction of sp³-hybridized carbons (Fsp3) is 0.211. The van der Waals surface area contributed by atoms with Crippen LogP contribution in [-0.2, 0) is 14.3 Å². The van der Waals surface area contributed by atoms with Gasteiger partial charge in [0.05, 0.1) is 12.1 Å². The lowest BCUT2D eigenvalue weighted by molar-refractivity contribution is -0.153. The van der Waals surface area contributed by atoms with E-state index < -0.39 is 41.1 Å². The van der Waals surface area contributed by atoms with Crippen LogP contribution in [0.1, 0.15) is 30.1 Å². The summed E-state index contributed by atoms with van der Waals surface area (Å²) in [4.78, 5) is 35.6. The molecule has 1 atom stereocenters. The predicted molar refractivity (Wildman–Crippen MR) is 90.5 cm³/mol. The van der Waals surface area contributed by atoms with Crippen LogP contribution in [0.25, 0.3) is 0 Å². The first-order valence-electron chi connectivity index (χ1n) is 8.01. The Labute approximate surface area is 153 Å². The average Bonchev–Trinajstić information content (AvgIpc) is 2.67. The second-order valence-electron chi connectivity index (χ2n) is 5.63. The fourth-order valence-electron chi connectivity index (χ4n) is 2.15. The van der Waals surface area contributed by atoms with Crippen molar-refractivity contribution in [3.05, 3.63) is 65.5 Å². The third kappa shape index (κ3) is 5.40.